The summed E-state index contributed by atoms with van der Waals surface area (Å²) in [5.41, 5.74) is -6.29. The zero-order chi connectivity index (χ0) is 42.5. The van der Waals surface area contributed by atoms with Crippen molar-refractivity contribution >= 4 is 35.4 Å². The summed E-state index contributed by atoms with van der Waals surface area (Å²) in [4.78, 5) is 56.8. The van der Waals surface area contributed by atoms with Crippen LogP contribution in [0.25, 0.3) is 0 Å². The SMILES string of the molecule is CSCOC1CC2OC[C@@]2(O)C2C(OC(=O)c3ccccc3)C3(O)CC(OC(=O)C(O)C(NC(=O)c4ccccc4)c4ccccc4)C(C)=C(C(O)C(=O)[C@]12C)C3(C)C. The number of esters is 2. The van der Waals surface area contributed by atoms with E-state index in [9.17, 15) is 34.8 Å². The summed E-state index contributed by atoms with van der Waals surface area (Å²) < 4.78 is 24.6. The van der Waals surface area contributed by atoms with Crippen molar-refractivity contribution in [2.24, 2.45) is 16.7 Å². The van der Waals surface area contributed by atoms with Crippen LogP contribution in [0.15, 0.2) is 102 Å². The number of amides is 1. The first-order valence-corrected chi connectivity index (χ1v) is 21.1. The second-order valence-electron chi connectivity index (χ2n) is 16.8. The number of benzene rings is 3. The van der Waals surface area contributed by atoms with Crippen LogP contribution in [0, 0.1) is 16.7 Å². The Kier molecular flexibility index (Phi) is 11.7. The molecule has 13 nitrogen and oxygen atoms in total. The highest BCUT2D eigenvalue weighted by Crippen LogP contribution is 2.63. The minimum absolute atomic E-state index is 0.0311. The summed E-state index contributed by atoms with van der Waals surface area (Å²) in [5.74, 6) is -4.56. The highest BCUT2D eigenvalue weighted by molar-refractivity contribution is 7.98. The van der Waals surface area contributed by atoms with E-state index in [1.54, 1.807) is 107 Å². The number of fused-ring (bicyclic) bond motifs is 5. The van der Waals surface area contributed by atoms with E-state index >= 15 is 4.79 Å². The van der Waals surface area contributed by atoms with Crippen LogP contribution in [0.2, 0.25) is 0 Å². The number of rotatable bonds is 11. The smallest absolute Gasteiger partial charge is 0.338 e. The molecule has 3 aromatic rings. The van der Waals surface area contributed by atoms with Crippen molar-refractivity contribution in [2.75, 3.05) is 18.8 Å². The van der Waals surface area contributed by atoms with Gasteiger partial charge in [-0.3, -0.25) is 9.59 Å². The maximum absolute atomic E-state index is 15.2. The predicted molar refractivity (Wildman–Crippen MR) is 216 cm³/mol. The normalized spacial score (nSPS) is 33.1. The molecule has 1 heterocycles. The number of nitrogens with one attached hydrogen (secondary N) is 1. The van der Waals surface area contributed by atoms with Gasteiger partial charge in [0.1, 0.15) is 29.5 Å². The van der Waals surface area contributed by atoms with Gasteiger partial charge in [0.25, 0.3) is 5.91 Å². The number of hydrogen-bond acceptors (Lipinski definition) is 13. The summed E-state index contributed by atoms with van der Waals surface area (Å²) in [5, 5.41) is 52.8. The minimum Gasteiger partial charge on any atom is -0.456 e. The summed E-state index contributed by atoms with van der Waals surface area (Å²) >= 11 is 1.36. The second-order valence-corrected chi connectivity index (χ2v) is 17.6. The maximum atomic E-state index is 15.2. The molecule has 0 aromatic heterocycles. The number of carbonyl (C=O) groups is 4. The van der Waals surface area contributed by atoms with E-state index in [1.807, 2.05) is 6.26 Å². The largest absolute Gasteiger partial charge is 0.456 e. The molecule has 9 unspecified atom stereocenters. The molecule has 4 aliphatic rings. The van der Waals surface area contributed by atoms with Gasteiger partial charge in [-0.2, -0.15) is 0 Å². The van der Waals surface area contributed by atoms with Crippen molar-refractivity contribution in [1.82, 2.24) is 5.32 Å². The molecule has 2 bridgehead atoms. The molecule has 59 heavy (non-hydrogen) atoms. The highest BCUT2D eigenvalue weighted by atomic mass is 32.2. The number of ether oxygens (including phenoxy) is 4. The minimum atomic E-state index is -2.26. The number of carbonyl (C=O) groups excluding carboxylic acids is 4. The van der Waals surface area contributed by atoms with Gasteiger partial charge in [-0.1, -0.05) is 80.6 Å². The monoisotopic (exact) mass is 829 g/mol. The van der Waals surface area contributed by atoms with E-state index in [1.165, 1.54) is 23.9 Å². The molecule has 5 N–H and O–H groups in total. The second kappa shape index (κ2) is 16.2. The first-order chi connectivity index (χ1) is 28.0. The number of ketones is 1. The molecule has 1 amide bonds. The van der Waals surface area contributed by atoms with E-state index in [0.29, 0.717) is 5.56 Å². The standard InChI is InChI=1S/C45H51NO12S/c1-25-29(57-41(52)35(48)33(26-15-9-6-10-16-26)46-39(50)27-17-11-7-12-18-27)22-45(54)38(58-40(51)28-19-13-8-14-20-28)36-43(4,37(49)34(47)32(25)42(45,2)3)30(56-24-59-5)21-31-44(36,53)23-55-31/h6-20,29-31,33-36,38,47-48,53-54H,21-24H2,1-5H3,(H,46,50)/t29?,30?,31?,33?,34?,35?,36?,38?,43-,44+,45?/m1/s1. The third kappa shape index (κ3) is 7.11. The zero-order valence-electron chi connectivity index (χ0n) is 33.6. The number of hydrogen-bond donors (Lipinski definition) is 5. The molecule has 7 rings (SSSR count). The number of aliphatic hydroxyl groups is 4. The number of Topliss-reactive ketones (excluding diaryl/α,β-unsaturated/α-hetero) is 1. The third-order valence-electron chi connectivity index (χ3n) is 13.3. The molecule has 2 saturated carbocycles. The lowest BCUT2D eigenvalue weighted by Gasteiger charge is -2.67. The third-order valence-corrected chi connectivity index (χ3v) is 13.6. The summed E-state index contributed by atoms with van der Waals surface area (Å²) in [6.45, 7) is 6.10. The lowest BCUT2D eigenvalue weighted by atomic mass is 9.44. The Morgan fingerprint density at radius 2 is 1.51 bits per heavy atom. The van der Waals surface area contributed by atoms with Gasteiger partial charge in [-0.25, -0.2) is 9.59 Å². The first-order valence-electron chi connectivity index (χ1n) is 19.7. The summed E-state index contributed by atoms with van der Waals surface area (Å²) in [6.07, 6.45) is -7.30. The predicted octanol–water partition coefficient (Wildman–Crippen LogP) is 3.94. The molecule has 1 aliphatic heterocycles. The Labute approximate surface area is 347 Å². The van der Waals surface area contributed by atoms with E-state index in [4.69, 9.17) is 18.9 Å². The van der Waals surface area contributed by atoms with Gasteiger partial charge in [0.05, 0.1) is 41.8 Å². The Hall–Kier alpha value is -4.41. The fraction of sp³-hybridized carbons (Fsp3) is 0.467. The molecule has 3 aromatic carbocycles. The van der Waals surface area contributed by atoms with Gasteiger partial charge < -0.3 is 44.7 Å². The van der Waals surface area contributed by atoms with Gasteiger partial charge in [0.15, 0.2) is 11.9 Å². The molecular weight excluding hydrogens is 779 g/mol. The molecular formula is C45H51NO12S. The van der Waals surface area contributed by atoms with Crippen LogP contribution in [0.4, 0.5) is 0 Å². The van der Waals surface area contributed by atoms with Gasteiger partial charge in [-0.05, 0) is 61.1 Å². The van der Waals surface area contributed by atoms with Crippen LogP contribution >= 0.6 is 11.8 Å². The fourth-order valence-electron chi connectivity index (χ4n) is 9.91. The topological polar surface area (TPSA) is 198 Å². The molecule has 3 fully saturated rings. The maximum Gasteiger partial charge on any atom is 0.338 e. The van der Waals surface area contributed by atoms with Gasteiger partial charge in [0.2, 0.25) is 0 Å². The van der Waals surface area contributed by atoms with Crippen molar-refractivity contribution in [2.45, 2.75) is 94.4 Å². The summed E-state index contributed by atoms with van der Waals surface area (Å²) in [7, 11) is 0. The fourth-order valence-corrected chi connectivity index (χ4v) is 10.2. The lowest BCUT2D eigenvalue weighted by molar-refractivity contribution is -0.345. The molecule has 1 saturated heterocycles. The molecule has 14 heteroatoms. The quantitative estimate of drug-likeness (QED) is 0.106. The Bertz CT molecular complexity index is 2100. The van der Waals surface area contributed by atoms with E-state index < -0.39 is 101 Å². The molecule has 0 radical (unpaired) electrons. The van der Waals surface area contributed by atoms with Crippen LogP contribution in [0.5, 0.6) is 0 Å². The molecule has 3 aliphatic carbocycles. The average Bonchev–Trinajstić information content (AvgIpc) is 3.23. The van der Waals surface area contributed by atoms with Crippen LogP contribution in [0.1, 0.15) is 72.9 Å². The Morgan fingerprint density at radius 1 is 0.915 bits per heavy atom. The van der Waals surface area contributed by atoms with E-state index in [2.05, 4.69) is 5.32 Å². The van der Waals surface area contributed by atoms with Crippen molar-refractivity contribution in [3.63, 3.8) is 0 Å². The van der Waals surface area contributed by atoms with Gasteiger partial charge in [0, 0.05) is 29.7 Å². The van der Waals surface area contributed by atoms with E-state index in [0.717, 1.165) is 0 Å². The highest BCUT2D eigenvalue weighted by Gasteiger charge is 2.76. The number of thioether (sulfide) groups is 1. The Balaban J connectivity index is 1.33. The van der Waals surface area contributed by atoms with Gasteiger partial charge in [-0.15, -0.1) is 11.8 Å². The Morgan fingerprint density at radius 3 is 2.08 bits per heavy atom. The average molecular weight is 830 g/mol. The number of aliphatic hydroxyl groups excluding tert-OH is 2. The molecule has 314 valence electrons. The van der Waals surface area contributed by atoms with Crippen LogP contribution in [0.3, 0.4) is 0 Å². The van der Waals surface area contributed by atoms with Gasteiger partial charge >= 0.3 is 11.9 Å². The van der Waals surface area contributed by atoms with Crippen LogP contribution < -0.4 is 5.32 Å². The van der Waals surface area contributed by atoms with Crippen molar-refractivity contribution in [3.05, 3.63) is 119 Å². The first kappa shape index (κ1) is 42.7. The molecule has 0 spiro atoms. The van der Waals surface area contributed by atoms with Crippen LogP contribution in [-0.2, 0) is 28.5 Å². The van der Waals surface area contributed by atoms with Crippen molar-refractivity contribution < 1.29 is 58.6 Å². The van der Waals surface area contributed by atoms with E-state index in [-0.39, 0.29) is 41.2 Å². The van der Waals surface area contributed by atoms with Crippen molar-refractivity contribution in [1.29, 1.82) is 0 Å². The molecule has 11 atom stereocenters. The van der Waals surface area contributed by atoms with Crippen molar-refractivity contribution in [3.8, 4) is 0 Å². The van der Waals surface area contributed by atoms with Crippen LogP contribution in [-0.4, -0.2) is 111 Å². The summed E-state index contributed by atoms with van der Waals surface area (Å²) in [6, 6.07) is 23.5. The zero-order valence-corrected chi connectivity index (χ0v) is 34.4. The lowest BCUT2D eigenvalue weighted by Crippen LogP contribution is -2.81.